The van der Waals surface area contributed by atoms with Gasteiger partial charge in [-0.25, -0.2) is 14.4 Å². The number of H-pyrrole nitrogens is 1. The van der Waals surface area contributed by atoms with Crippen molar-refractivity contribution in [2.24, 2.45) is 7.05 Å². The summed E-state index contributed by atoms with van der Waals surface area (Å²) >= 11 is 7.50. The first-order valence-electron chi connectivity index (χ1n) is 13.6. The Labute approximate surface area is 250 Å². The molecule has 0 unspecified atom stereocenters. The summed E-state index contributed by atoms with van der Waals surface area (Å²) in [5, 5.41) is 8.35. The molecule has 212 valence electrons. The maximum Gasteiger partial charge on any atom is 0.214 e. The van der Waals surface area contributed by atoms with Crippen LogP contribution in [0.1, 0.15) is 29.3 Å². The van der Waals surface area contributed by atoms with Gasteiger partial charge in [-0.1, -0.05) is 23.7 Å². The molecule has 0 atom stereocenters. The number of benzene rings is 1. The lowest BCUT2D eigenvalue weighted by atomic mass is 10.0. The zero-order valence-electron chi connectivity index (χ0n) is 23.1. The summed E-state index contributed by atoms with van der Waals surface area (Å²) in [6.45, 7) is 4.70. The summed E-state index contributed by atoms with van der Waals surface area (Å²) in [7, 11) is 2.05. The van der Waals surface area contributed by atoms with Crippen LogP contribution in [-0.4, -0.2) is 47.7 Å². The Bertz CT molecular complexity index is 1960. The Morgan fingerprint density at radius 2 is 2.05 bits per heavy atom. The molecule has 0 amide bonds. The number of fused-ring (bicyclic) bond motifs is 2. The molecule has 0 radical (unpaired) electrons. The number of ether oxygens (including phenoxy) is 1. The Morgan fingerprint density at radius 1 is 1.14 bits per heavy atom. The Hall–Kier alpha value is -4.12. The minimum absolute atomic E-state index is 0.319. The number of nitrogens with one attached hydrogen (secondary N) is 1. The van der Waals surface area contributed by atoms with Crippen molar-refractivity contribution < 1.29 is 9.13 Å². The van der Waals surface area contributed by atoms with Crippen molar-refractivity contribution in [3.63, 3.8) is 0 Å². The maximum absolute atomic E-state index is 14.7. The van der Waals surface area contributed by atoms with Crippen molar-refractivity contribution in [1.29, 1.82) is 0 Å². The number of nitrogens with zero attached hydrogens (tertiary/aromatic N) is 6. The van der Waals surface area contributed by atoms with Crippen LogP contribution in [-0.2, 0) is 20.2 Å². The van der Waals surface area contributed by atoms with E-state index in [0.717, 1.165) is 75.1 Å². The molecule has 8 nitrogen and oxygen atoms in total. The van der Waals surface area contributed by atoms with E-state index >= 15 is 0 Å². The van der Waals surface area contributed by atoms with Gasteiger partial charge >= 0.3 is 0 Å². The van der Waals surface area contributed by atoms with Crippen LogP contribution in [0.5, 0.6) is 5.88 Å². The molecule has 0 saturated heterocycles. The standard InChI is InChI=1S/C31H27ClFN7OS/c1-18-23-12-20(13-24(33)30(23)38-37-18)27-14-26-31(42-27)36-28(39(26)2)16-40-10-8-19(9-11-40)25-4-3-5-29(35-25)41-17-22-7-6-21(32)15-34-22/h3-8,12-15H,9-11,16-17H2,1-2H3,(H,37,38). The quantitative estimate of drug-likeness (QED) is 0.214. The first kappa shape index (κ1) is 26.8. The van der Waals surface area contributed by atoms with Crippen LogP contribution < -0.4 is 4.74 Å². The highest BCUT2D eigenvalue weighted by molar-refractivity contribution is 7.21. The molecule has 11 heteroatoms. The average Bonchev–Trinajstić information content (AvgIpc) is 3.68. The molecule has 5 aromatic heterocycles. The van der Waals surface area contributed by atoms with Crippen LogP contribution in [0.15, 0.2) is 60.8 Å². The maximum atomic E-state index is 14.7. The molecule has 7 rings (SSSR count). The van der Waals surface area contributed by atoms with Crippen LogP contribution in [0, 0.1) is 12.7 Å². The zero-order valence-corrected chi connectivity index (χ0v) is 24.6. The monoisotopic (exact) mass is 599 g/mol. The van der Waals surface area contributed by atoms with Crippen molar-refractivity contribution in [3.05, 3.63) is 94.5 Å². The Balaban J connectivity index is 1.02. The smallest absolute Gasteiger partial charge is 0.214 e. The van der Waals surface area contributed by atoms with E-state index in [4.69, 9.17) is 26.3 Å². The van der Waals surface area contributed by atoms with E-state index in [1.54, 1.807) is 29.7 Å². The SMILES string of the molecule is Cc1[nH]nc2c(F)cc(-c3cc4c(nc(CN5CC=C(c6cccc(OCc7ccc(Cl)cn7)n6)CC5)n4C)s3)cc12. The molecule has 0 bridgehead atoms. The lowest BCUT2D eigenvalue weighted by Gasteiger charge is -2.25. The van der Waals surface area contributed by atoms with Crippen molar-refractivity contribution >= 4 is 49.8 Å². The third-order valence-corrected chi connectivity index (χ3v) is 8.92. The summed E-state index contributed by atoms with van der Waals surface area (Å²) in [6, 6.07) is 15.2. The first-order chi connectivity index (χ1) is 20.4. The minimum atomic E-state index is -0.319. The normalized spacial score (nSPS) is 14.1. The van der Waals surface area contributed by atoms with E-state index in [1.165, 1.54) is 5.57 Å². The lowest BCUT2D eigenvalue weighted by molar-refractivity contribution is 0.282. The number of aryl methyl sites for hydroxylation is 2. The fourth-order valence-corrected chi connectivity index (χ4v) is 6.43. The molecule has 1 aliphatic heterocycles. The van der Waals surface area contributed by atoms with E-state index in [1.807, 2.05) is 44.3 Å². The van der Waals surface area contributed by atoms with Gasteiger partial charge in [-0.05, 0) is 60.9 Å². The first-order valence-corrected chi connectivity index (χ1v) is 14.8. The van der Waals surface area contributed by atoms with Gasteiger partial charge in [0.1, 0.15) is 22.8 Å². The predicted molar refractivity (Wildman–Crippen MR) is 164 cm³/mol. The summed E-state index contributed by atoms with van der Waals surface area (Å²) in [6.07, 6.45) is 4.74. The molecular weight excluding hydrogens is 573 g/mol. The number of rotatable bonds is 7. The third-order valence-electron chi connectivity index (χ3n) is 7.63. The van der Waals surface area contributed by atoms with Crippen LogP contribution >= 0.6 is 22.9 Å². The lowest BCUT2D eigenvalue weighted by Crippen LogP contribution is -2.29. The van der Waals surface area contributed by atoms with Gasteiger partial charge < -0.3 is 9.30 Å². The number of hydrogen-bond acceptors (Lipinski definition) is 7. The van der Waals surface area contributed by atoms with Crippen molar-refractivity contribution in [1.82, 2.24) is 34.6 Å². The highest BCUT2D eigenvalue weighted by Crippen LogP contribution is 2.36. The van der Waals surface area contributed by atoms with Gasteiger partial charge in [0.2, 0.25) is 5.88 Å². The summed E-state index contributed by atoms with van der Waals surface area (Å²) in [5.74, 6) is 1.26. The van der Waals surface area contributed by atoms with Crippen molar-refractivity contribution in [3.8, 4) is 16.3 Å². The Morgan fingerprint density at radius 3 is 2.83 bits per heavy atom. The number of hydrogen-bond donors (Lipinski definition) is 1. The van der Waals surface area contributed by atoms with Crippen LogP contribution in [0.2, 0.25) is 5.02 Å². The number of aromatic amines is 1. The van der Waals surface area contributed by atoms with Gasteiger partial charge in [0.15, 0.2) is 5.82 Å². The molecule has 0 saturated carbocycles. The molecule has 6 heterocycles. The second kappa shape index (κ2) is 10.9. The molecule has 1 aliphatic rings. The molecule has 42 heavy (non-hydrogen) atoms. The molecule has 0 spiro atoms. The van der Waals surface area contributed by atoms with Gasteiger partial charge in [0, 0.05) is 48.4 Å². The van der Waals surface area contributed by atoms with Gasteiger partial charge in [0.25, 0.3) is 0 Å². The molecule has 0 fully saturated rings. The highest BCUT2D eigenvalue weighted by Gasteiger charge is 2.20. The topological polar surface area (TPSA) is 84.8 Å². The summed E-state index contributed by atoms with van der Waals surface area (Å²) in [4.78, 5) is 18.3. The average molecular weight is 600 g/mol. The van der Waals surface area contributed by atoms with Gasteiger partial charge in [-0.15, -0.1) is 11.3 Å². The highest BCUT2D eigenvalue weighted by atomic mass is 35.5. The predicted octanol–water partition coefficient (Wildman–Crippen LogP) is 6.94. The van der Waals surface area contributed by atoms with E-state index in [2.05, 4.69) is 36.8 Å². The van der Waals surface area contributed by atoms with Crippen LogP contribution in [0.3, 0.4) is 0 Å². The van der Waals surface area contributed by atoms with Gasteiger partial charge in [-0.2, -0.15) is 5.10 Å². The minimum Gasteiger partial charge on any atom is -0.471 e. The molecule has 1 N–H and O–H groups in total. The largest absolute Gasteiger partial charge is 0.471 e. The van der Waals surface area contributed by atoms with Crippen molar-refractivity contribution in [2.75, 3.05) is 13.1 Å². The molecule has 6 aromatic rings. The fraction of sp³-hybridized carbons (Fsp3) is 0.226. The third kappa shape index (κ3) is 5.17. The van der Waals surface area contributed by atoms with Crippen molar-refractivity contribution in [2.45, 2.75) is 26.5 Å². The Kier molecular flexibility index (Phi) is 6.97. The summed E-state index contributed by atoms with van der Waals surface area (Å²) < 4.78 is 22.7. The van der Waals surface area contributed by atoms with E-state index in [9.17, 15) is 4.39 Å². The summed E-state index contributed by atoms with van der Waals surface area (Å²) in [5.41, 5.74) is 6.06. The number of pyridine rings is 2. The number of aromatic nitrogens is 6. The number of thiophene rings is 1. The second-order valence-electron chi connectivity index (χ2n) is 10.4. The van der Waals surface area contributed by atoms with Crippen LogP contribution in [0.25, 0.3) is 37.3 Å². The fourth-order valence-electron chi connectivity index (χ4n) is 5.25. The van der Waals surface area contributed by atoms with E-state index < -0.39 is 0 Å². The number of imidazole rings is 1. The zero-order chi connectivity index (χ0) is 28.8. The molecule has 0 aliphatic carbocycles. The van der Waals surface area contributed by atoms with E-state index in [0.29, 0.717) is 23.0 Å². The van der Waals surface area contributed by atoms with Gasteiger partial charge in [-0.3, -0.25) is 15.0 Å². The molecular formula is C31H27ClFN7OS. The van der Waals surface area contributed by atoms with Gasteiger partial charge in [0.05, 0.1) is 28.5 Å². The second-order valence-corrected chi connectivity index (χ2v) is 11.9. The molecule has 1 aromatic carbocycles. The number of halogens is 2. The van der Waals surface area contributed by atoms with E-state index in [-0.39, 0.29) is 5.82 Å². The van der Waals surface area contributed by atoms with Crippen LogP contribution in [0.4, 0.5) is 4.39 Å².